The highest BCUT2D eigenvalue weighted by molar-refractivity contribution is 5.91. The molecule has 2 amide bonds. The van der Waals surface area contributed by atoms with Crippen molar-refractivity contribution in [2.75, 3.05) is 6.54 Å². The Hall–Kier alpha value is -4.27. The van der Waals surface area contributed by atoms with Crippen LogP contribution in [0.15, 0.2) is 66.5 Å². The molecule has 9 nitrogen and oxygen atoms in total. The molecule has 2 aromatic carbocycles. The largest absolute Gasteiger partial charge is 0.457 e. The van der Waals surface area contributed by atoms with E-state index in [9.17, 15) is 14.4 Å². The van der Waals surface area contributed by atoms with Crippen LogP contribution >= 0.6 is 0 Å². The number of hydrogen-bond donors (Lipinski definition) is 4. The molecule has 0 aliphatic heterocycles. The average Bonchev–Trinajstić information content (AvgIpc) is 3.43. The number of hydrogen-bond acceptors (Lipinski definition) is 6. The highest BCUT2D eigenvalue weighted by atomic mass is 16.6. The van der Waals surface area contributed by atoms with E-state index in [1.807, 2.05) is 82.4 Å². The molecule has 2 bridgehead atoms. The number of carbonyl (C=O) groups is 3. The van der Waals surface area contributed by atoms with Gasteiger partial charge in [-0.2, -0.15) is 0 Å². The molecule has 4 atom stereocenters. The van der Waals surface area contributed by atoms with Crippen LogP contribution in [-0.2, 0) is 38.4 Å². The Balaban J connectivity index is 0.00000541. The fraction of sp³-hybridized carbons (Fsp3) is 0.525. The molecule has 266 valence electrons. The molecule has 0 radical (unpaired) electrons. The Bertz CT molecular complexity index is 1620. The third-order valence-electron chi connectivity index (χ3n) is 9.66. The molecule has 1 heterocycles. The van der Waals surface area contributed by atoms with Gasteiger partial charge in [-0.05, 0) is 101 Å². The molecule has 3 aromatic rings. The number of aromatic nitrogens is 1. The number of allylic oxidation sites excluding steroid dienone is 1. The zero-order valence-electron chi connectivity index (χ0n) is 29.1. The summed E-state index contributed by atoms with van der Waals surface area (Å²) >= 11 is 0. The van der Waals surface area contributed by atoms with Gasteiger partial charge in [0.2, 0.25) is 5.91 Å². The molecule has 2 saturated carbocycles. The summed E-state index contributed by atoms with van der Waals surface area (Å²) in [5.41, 5.74) is 2.97. The summed E-state index contributed by atoms with van der Waals surface area (Å²) < 4.78 is 11.4. The van der Waals surface area contributed by atoms with E-state index in [1.165, 1.54) is 18.9 Å². The van der Waals surface area contributed by atoms with Crippen LogP contribution < -0.4 is 16.0 Å². The normalized spacial score (nSPS) is 20.3. The molecular weight excluding hydrogens is 616 g/mol. The van der Waals surface area contributed by atoms with Gasteiger partial charge in [0.15, 0.2) is 0 Å². The van der Waals surface area contributed by atoms with Crippen molar-refractivity contribution in [1.82, 2.24) is 20.9 Å². The Labute approximate surface area is 292 Å². The summed E-state index contributed by atoms with van der Waals surface area (Å²) in [5.74, 6) is 0.502. The van der Waals surface area contributed by atoms with Crippen molar-refractivity contribution < 1.29 is 23.9 Å². The molecule has 2 fully saturated rings. The number of para-hydroxylation sites is 1. The number of benzene rings is 2. The molecule has 0 spiro atoms. The summed E-state index contributed by atoms with van der Waals surface area (Å²) in [6.07, 6.45) is 10.3. The van der Waals surface area contributed by atoms with Gasteiger partial charge >= 0.3 is 12.1 Å². The first kappa shape index (κ1) is 37.5. The Morgan fingerprint density at radius 2 is 1.65 bits per heavy atom. The molecule has 9 heteroatoms. The number of nitrogens with one attached hydrogen (secondary N) is 4. The predicted octanol–water partition coefficient (Wildman–Crippen LogP) is 7.49. The number of ether oxygens (including phenoxy) is 2. The SMILES string of the molecule is C.CC(=CC(=O)OC(C)(C)C)NCc1ccccc1CCNC(=O)C(C)(Cc1c[nH]c2ccccc12)NC(=O)OC1CCC2CCCC1C2. The first-order chi connectivity index (χ1) is 22.9. The van der Waals surface area contributed by atoms with E-state index in [2.05, 4.69) is 20.9 Å². The zero-order valence-corrected chi connectivity index (χ0v) is 29.1. The maximum absolute atomic E-state index is 14.0. The Morgan fingerprint density at radius 3 is 2.43 bits per heavy atom. The van der Waals surface area contributed by atoms with Gasteiger partial charge < -0.3 is 30.4 Å². The number of aromatic amines is 1. The van der Waals surface area contributed by atoms with Gasteiger partial charge in [-0.25, -0.2) is 9.59 Å². The summed E-state index contributed by atoms with van der Waals surface area (Å²) in [4.78, 5) is 42.9. The lowest BCUT2D eigenvalue weighted by Gasteiger charge is -2.40. The number of amides is 2. The summed E-state index contributed by atoms with van der Waals surface area (Å²) in [7, 11) is 0. The van der Waals surface area contributed by atoms with E-state index >= 15 is 0 Å². The minimum Gasteiger partial charge on any atom is -0.457 e. The van der Waals surface area contributed by atoms with E-state index < -0.39 is 23.2 Å². The quantitative estimate of drug-likeness (QED) is 0.117. The number of H-pyrrole nitrogens is 1. The van der Waals surface area contributed by atoms with E-state index in [1.54, 1.807) is 6.92 Å². The fourth-order valence-corrected chi connectivity index (χ4v) is 7.23. The average molecular weight is 673 g/mol. The van der Waals surface area contributed by atoms with Gasteiger partial charge in [0.25, 0.3) is 0 Å². The fourth-order valence-electron chi connectivity index (χ4n) is 7.23. The van der Waals surface area contributed by atoms with Crippen molar-refractivity contribution in [3.8, 4) is 0 Å². The van der Waals surface area contributed by atoms with E-state index in [0.717, 1.165) is 59.2 Å². The second kappa shape index (κ2) is 16.4. The lowest BCUT2D eigenvalue weighted by Crippen LogP contribution is -2.59. The Morgan fingerprint density at radius 1 is 0.918 bits per heavy atom. The number of fused-ring (bicyclic) bond motifs is 3. The lowest BCUT2D eigenvalue weighted by molar-refractivity contribution is -0.148. The van der Waals surface area contributed by atoms with E-state index in [-0.39, 0.29) is 19.4 Å². The van der Waals surface area contributed by atoms with Gasteiger partial charge in [0.05, 0.1) is 0 Å². The molecule has 4 N–H and O–H groups in total. The van der Waals surface area contributed by atoms with Crippen molar-refractivity contribution >= 4 is 28.9 Å². The standard InChI is InChI=1S/C39H52N4O5.CH4/c1-26(21-35(44)48-38(2,3)4)41-24-30-13-7-6-12-28(30)19-20-40-36(45)39(5,23-31-25-42-33-16-9-8-15-32(31)33)43-37(46)47-34-18-17-27-11-10-14-29(34)22-27;/h6-9,12-13,15-16,21,25,27,29,34,41-42H,10-11,14,17-20,22-24H2,1-5H3,(H,40,45)(H,43,46);1H4. The van der Waals surface area contributed by atoms with Gasteiger partial charge in [-0.15, -0.1) is 0 Å². The van der Waals surface area contributed by atoms with Crippen molar-refractivity contribution in [3.63, 3.8) is 0 Å². The maximum Gasteiger partial charge on any atom is 0.408 e. The minimum absolute atomic E-state index is 0. The lowest BCUT2D eigenvalue weighted by atomic mass is 9.71. The summed E-state index contributed by atoms with van der Waals surface area (Å²) in [5, 5.41) is 10.4. The molecular formula is C40H56N4O5. The molecule has 5 rings (SSSR count). The minimum atomic E-state index is -1.24. The smallest absolute Gasteiger partial charge is 0.408 e. The number of esters is 1. The monoisotopic (exact) mass is 672 g/mol. The second-order valence-electron chi connectivity index (χ2n) is 14.8. The molecule has 49 heavy (non-hydrogen) atoms. The van der Waals surface area contributed by atoms with Crippen LogP contribution in [0.25, 0.3) is 10.9 Å². The predicted molar refractivity (Wildman–Crippen MR) is 195 cm³/mol. The van der Waals surface area contributed by atoms with Crippen LogP contribution in [0.4, 0.5) is 4.79 Å². The first-order valence-electron chi connectivity index (χ1n) is 17.4. The van der Waals surface area contributed by atoms with Crippen molar-refractivity contribution in [2.24, 2.45) is 11.8 Å². The van der Waals surface area contributed by atoms with Crippen molar-refractivity contribution in [2.45, 2.75) is 117 Å². The highest BCUT2D eigenvalue weighted by Crippen LogP contribution is 2.41. The van der Waals surface area contributed by atoms with Crippen LogP contribution in [0.1, 0.15) is 97.3 Å². The molecule has 4 unspecified atom stereocenters. The van der Waals surface area contributed by atoms with E-state index in [0.29, 0.717) is 37.5 Å². The summed E-state index contributed by atoms with van der Waals surface area (Å²) in [6.45, 7) is 10.0. The molecule has 0 saturated heterocycles. The molecule has 1 aromatic heterocycles. The maximum atomic E-state index is 14.0. The number of alkyl carbamates (subject to hydrolysis) is 1. The van der Waals surface area contributed by atoms with Crippen molar-refractivity contribution in [3.05, 3.63) is 83.2 Å². The summed E-state index contributed by atoms with van der Waals surface area (Å²) in [6, 6.07) is 16.0. The molecule has 2 aliphatic rings. The van der Waals surface area contributed by atoms with Crippen LogP contribution in [0, 0.1) is 11.8 Å². The zero-order chi connectivity index (χ0) is 34.3. The third-order valence-corrected chi connectivity index (χ3v) is 9.66. The van der Waals surface area contributed by atoms with Gasteiger partial charge in [0.1, 0.15) is 17.2 Å². The molecule has 2 aliphatic carbocycles. The highest BCUT2D eigenvalue weighted by Gasteiger charge is 2.39. The Kier molecular flexibility index (Phi) is 12.6. The van der Waals surface area contributed by atoms with Gasteiger partial charge in [-0.1, -0.05) is 62.7 Å². The number of carbonyl (C=O) groups excluding carboxylic acids is 3. The number of rotatable bonds is 12. The van der Waals surface area contributed by atoms with Gasteiger partial charge in [-0.3, -0.25) is 4.79 Å². The second-order valence-corrected chi connectivity index (χ2v) is 14.8. The van der Waals surface area contributed by atoms with E-state index in [4.69, 9.17) is 9.47 Å². The van der Waals surface area contributed by atoms with Gasteiger partial charge in [0, 0.05) is 48.4 Å². The van der Waals surface area contributed by atoms with Crippen LogP contribution in [0.5, 0.6) is 0 Å². The third kappa shape index (κ3) is 10.4. The van der Waals surface area contributed by atoms with Crippen LogP contribution in [-0.4, -0.2) is 46.7 Å². The van der Waals surface area contributed by atoms with Crippen molar-refractivity contribution in [1.29, 1.82) is 0 Å². The first-order valence-corrected chi connectivity index (χ1v) is 17.4. The topological polar surface area (TPSA) is 122 Å². The van der Waals surface area contributed by atoms with Crippen LogP contribution in [0.2, 0.25) is 0 Å². The van der Waals surface area contributed by atoms with Crippen LogP contribution in [0.3, 0.4) is 0 Å².